The Morgan fingerprint density at radius 2 is 1.75 bits per heavy atom. The molecule has 172 valence electrons. The Bertz CT molecular complexity index is 918. The van der Waals surface area contributed by atoms with Crippen LogP contribution in [-0.4, -0.2) is 44.2 Å². The third-order valence-electron chi connectivity index (χ3n) is 5.28. The van der Waals surface area contributed by atoms with E-state index in [2.05, 4.69) is 10.3 Å². The zero-order valence-electron chi connectivity index (χ0n) is 18.4. The number of hydrogen-bond donors (Lipinski definition) is 2. The van der Waals surface area contributed by atoms with Gasteiger partial charge < -0.3 is 30.0 Å². The smallest absolute Gasteiger partial charge is 0.257 e. The summed E-state index contributed by atoms with van der Waals surface area (Å²) >= 11 is 0. The molecule has 1 aliphatic carbocycles. The van der Waals surface area contributed by atoms with Crippen LogP contribution in [0.15, 0.2) is 30.5 Å². The highest BCUT2D eigenvalue weighted by atomic mass is 16.5. The Morgan fingerprint density at radius 1 is 1.06 bits per heavy atom. The Morgan fingerprint density at radius 3 is 2.38 bits per heavy atom. The monoisotopic (exact) mass is 443 g/mol. The van der Waals surface area contributed by atoms with Crippen LogP contribution in [0.4, 0.5) is 5.82 Å². The molecule has 3 rings (SSSR count). The highest BCUT2D eigenvalue weighted by molar-refractivity contribution is 6.05. The highest BCUT2D eigenvalue weighted by Gasteiger charge is 2.20. The Balaban J connectivity index is 1.76. The predicted octanol–water partition coefficient (Wildman–Crippen LogP) is 3.17. The van der Waals surface area contributed by atoms with Crippen molar-refractivity contribution in [2.75, 3.05) is 32.8 Å². The van der Waals surface area contributed by atoms with Crippen LogP contribution >= 0.6 is 0 Å². The first kappa shape index (κ1) is 23.2. The maximum absolute atomic E-state index is 13.0. The third kappa shape index (κ3) is 6.03. The normalized spacial score (nSPS) is 13.8. The van der Waals surface area contributed by atoms with Gasteiger partial charge in [-0.3, -0.25) is 9.59 Å². The molecule has 1 aromatic carbocycles. The van der Waals surface area contributed by atoms with Crippen molar-refractivity contribution in [2.45, 2.75) is 32.1 Å². The lowest BCUT2D eigenvalue weighted by Gasteiger charge is -2.22. The fourth-order valence-corrected chi connectivity index (χ4v) is 3.64. The Kier molecular flexibility index (Phi) is 8.13. The van der Waals surface area contributed by atoms with Crippen molar-refractivity contribution < 1.29 is 28.5 Å². The number of pyridine rings is 1. The summed E-state index contributed by atoms with van der Waals surface area (Å²) in [5, 5.41) is 2.79. The second-order valence-corrected chi connectivity index (χ2v) is 7.58. The van der Waals surface area contributed by atoms with Gasteiger partial charge in [0.1, 0.15) is 0 Å². The summed E-state index contributed by atoms with van der Waals surface area (Å²) in [5.74, 6) is 0.938. The quantitative estimate of drug-likeness (QED) is 0.578. The summed E-state index contributed by atoms with van der Waals surface area (Å²) in [6.45, 7) is 0.246. The molecule has 9 heteroatoms. The van der Waals surface area contributed by atoms with Crippen molar-refractivity contribution in [3.05, 3.63) is 36.0 Å². The zero-order valence-corrected chi connectivity index (χ0v) is 18.4. The molecule has 1 aliphatic rings. The van der Waals surface area contributed by atoms with Crippen LogP contribution in [0.1, 0.15) is 42.5 Å². The molecule has 9 nitrogen and oxygen atoms in total. The molecule has 0 atom stereocenters. The number of carbonyl (C=O) groups is 2. The number of primary amides is 1. The van der Waals surface area contributed by atoms with Gasteiger partial charge in [-0.1, -0.05) is 19.3 Å². The Hall–Kier alpha value is -3.49. The number of nitrogens with two attached hydrogens (primary N) is 1. The lowest BCUT2D eigenvalue weighted by Crippen LogP contribution is -2.21. The number of benzene rings is 1. The fraction of sp³-hybridized carbons (Fsp3) is 0.435. The molecule has 0 saturated heterocycles. The third-order valence-corrected chi connectivity index (χ3v) is 5.28. The van der Waals surface area contributed by atoms with Crippen LogP contribution in [0.2, 0.25) is 0 Å². The molecule has 1 fully saturated rings. The van der Waals surface area contributed by atoms with Crippen molar-refractivity contribution in [1.82, 2.24) is 4.98 Å². The fourth-order valence-electron chi connectivity index (χ4n) is 3.64. The first-order valence-electron chi connectivity index (χ1n) is 10.6. The number of nitrogens with zero attached hydrogens (tertiary/aromatic N) is 1. The van der Waals surface area contributed by atoms with Gasteiger partial charge in [0, 0.05) is 11.8 Å². The van der Waals surface area contributed by atoms with Gasteiger partial charge in [0.05, 0.1) is 20.8 Å². The molecular formula is C23H29N3O6. The molecule has 3 N–H and O–H groups in total. The molecule has 32 heavy (non-hydrogen) atoms. The molecule has 0 spiro atoms. The van der Waals surface area contributed by atoms with Gasteiger partial charge in [-0.25, -0.2) is 4.98 Å². The second-order valence-electron chi connectivity index (χ2n) is 7.58. The topological polar surface area (TPSA) is 122 Å². The van der Waals surface area contributed by atoms with E-state index in [0.29, 0.717) is 24.1 Å². The predicted molar refractivity (Wildman–Crippen MR) is 118 cm³/mol. The van der Waals surface area contributed by atoms with E-state index in [1.54, 1.807) is 18.3 Å². The summed E-state index contributed by atoms with van der Waals surface area (Å²) < 4.78 is 22.0. The standard InChI is InChI=1S/C23H29N3O6/c1-29-18-11-16(12-19(30-2)21(18)32-14-20(24)27)23(28)26-22-17(9-6-10-25-22)31-13-15-7-4-3-5-8-15/h6,9-12,15H,3-5,7-8,13-14H2,1-2H3,(H2,24,27)(H,25,26,28). The number of aromatic nitrogens is 1. The molecule has 0 unspecified atom stereocenters. The molecule has 0 radical (unpaired) electrons. The molecule has 2 aromatic rings. The summed E-state index contributed by atoms with van der Waals surface area (Å²) in [5.41, 5.74) is 5.40. The summed E-state index contributed by atoms with van der Waals surface area (Å²) in [4.78, 5) is 28.3. The summed E-state index contributed by atoms with van der Waals surface area (Å²) in [6, 6.07) is 6.52. The minimum absolute atomic E-state index is 0.180. The van der Waals surface area contributed by atoms with Gasteiger partial charge in [0.15, 0.2) is 29.7 Å². The van der Waals surface area contributed by atoms with Crippen LogP contribution < -0.4 is 30.0 Å². The van der Waals surface area contributed by atoms with E-state index in [0.717, 1.165) is 12.8 Å². The number of nitrogens with one attached hydrogen (secondary N) is 1. The van der Waals surface area contributed by atoms with E-state index in [1.165, 1.54) is 45.6 Å². The lowest BCUT2D eigenvalue weighted by atomic mass is 9.90. The van der Waals surface area contributed by atoms with Crippen LogP contribution in [0.3, 0.4) is 0 Å². The van der Waals surface area contributed by atoms with Gasteiger partial charge >= 0.3 is 0 Å². The van der Waals surface area contributed by atoms with E-state index in [-0.39, 0.29) is 29.4 Å². The molecular weight excluding hydrogens is 414 g/mol. The van der Waals surface area contributed by atoms with Crippen LogP contribution in [0.25, 0.3) is 0 Å². The van der Waals surface area contributed by atoms with Gasteiger partial charge in [0.25, 0.3) is 11.8 Å². The largest absolute Gasteiger partial charge is 0.493 e. The molecule has 0 aliphatic heterocycles. The number of carbonyl (C=O) groups excluding carboxylic acids is 2. The average molecular weight is 444 g/mol. The van der Waals surface area contributed by atoms with Gasteiger partial charge in [0.2, 0.25) is 5.75 Å². The zero-order chi connectivity index (χ0) is 22.9. The summed E-state index contributed by atoms with van der Waals surface area (Å²) in [6.07, 6.45) is 7.65. The first-order chi connectivity index (χ1) is 15.5. The van der Waals surface area contributed by atoms with Crippen molar-refractivity contribution in [2.24, 2.45) is 11.7 Å². The van der Waals surface area contributed by atoms with E-state index in [1.807, 2.05) is 0 Å². The average Bonchev–Trinajstić information content (AvgIpc) is 2.82. The van der Waals surface area contributed by atoms with Crippen LogP contribution in [0, 0.1) is 5.92 Å². The van der Waals surface area contributed by atoms with E-state index in [9.17, 15) is 9.59 Å². The van der Waals surface area contributed by atoms with Crippen molar-refractivity contribution in [1.29, 1.82) is 0 Å². The summed E-state index contributed by atoms with van der Waals surface area (Å²) in [7, 11) is 2.84. The van der Waals surface area contributed by atoms with Gasteiger partial charge in [-0.15, -0.1) is 0 Å². The number of anilines is 1. The van der Waals surface area contributed by atoms with Crippen molar-refractivity contribution in [3.63, 3.8) is 0 Å². The van der Waals surface area contributed by atoms with Crippen molar-refractivity contribution in [3.8, 4) is 23.0 Å². The molecule has 0 bridgehead atoms. The Labute approximate surface area is 187 Å². The van der Waals surface area contributed by atoms with Crippen LogP contribution in [0.5, 0.6) is 23.0 Å². The SMILES string of the molecule is COc1cc(C(=O)Nc2ncccc2OCC2CCCCC2)cc(OC)c1OCC(N)=O. The van der Waals surface area contributed by atoms with Crippen molar-refractivity contribution >= 4 is 17.6 Å². The van der Waals surface area contributed by atoms with E-state index in [4.69, 9.17) is 24.7 Å². The highest BCUT2D eigenvalue weighted by Crippen LogP contribution is 2.39. The molecule has 1 heterocycles. The maximum atomic E-state index is 13.0. The first-order valence-corrected chi connectivity index (χ1v) is 10.6. The van der Waals surface area contributed by atoms with Gasteiger partial charge in [-0.05, 0) is 43.0 Å². The van der Waals surface area contributed by atoms with E-state index < -0.39 is 11.8 Å². The van der Waals surface area contributed by atoms with Crippen LogP contribution in [-0.2, 0) is 4.79 Å². The minimum Gasteiger partial charge on any atom is -0.493 e. The number of methoxy groups -OCH3 is 2. The second kappa shape index (κ2) is 11.2. The lowest BCUT2D eigenvalue weighted by molar-refractivity contribution is -0.120. The minimum atomic E-state index is -0.646. The van der Waals surface area contributed by atoms with E-state index >= 15 is 0 Å². The number of ether oxygens (including phenoxy) is 4. The molecule has 1 saturated carbocycles. The van der Waals surface area contributed by atoms with Gasteiger partial charge in [-0.2, -0.15) is 0 Å². The molecule has 1 aromatic heterocycles. The molecule has 2 amide bonds. The number of hydrogen-bond acceptors (Lipinski definition) is 7. The number of rotatable bonds is 10. The maximum Gasteiger partial charge on any atom is 0.257 e. The number of amides is 2.